The van der Waals surface area contributed by atoms with Gasteiger partial charge in [0, 0.05) is 11.4 Å². The Morgan fingerprint density at radius 2 is 1.96 bits per heavy atom. The van der Waals surface area contributed by atoms with E-state index in [0.717, 1.165) is 22.4 Å². The lowest BCUT2D eigenvalue weighted by atomic mass is 10.1. The van der Waals surface area contributed by atoms with Crippen LogP contribution in [0.1, 0.15) is 33.1 Å². The molecule has 0 aliphatic carbocycles. The van der Waals surface area contributed by atoms with E-state index < -0.39 is 10.0 Å². The van der Waals surface area contributed by atoms with Gasteiger partial charge in [0.15, 0.2) is 0 Å². The summed E-state index contributed by atoms with van der Waals surface area (Å²) in [6.45, 7) is 2.24. The predicted molar refractivity (Wildman–Crippen MR) is 108 cm³/mol. The van der Waals surface area contributed by atoms with Crippen molar-refractivity contribution in [3.63, 3.8) is 0 Å². The minimum Gasteiger partial charge on any atom is -0.345 e. The molecule has 2 aromatic heterocycles. The number of hydrogen-bond acceptors (Lipinski definition) is 6. The number of nitrogens with one attached hydrogen (secondary N) is 2. The second kappa shape index (κ2) is 8.63. The third-order valence-corrected chi connectivity index (χ3v) is 5.92. The molecule has 3 aromatic rings. The Bertz CT molecular complexity index is 1030. The molecule has 0 bridgehead atoms. The van der Waals surface area contributed by atoms with E-state index in [9.17, 15) is 13.2 Å². The van der Waals surface area contributed by atoms with Crippen molar-refractivity contribution in [2.24, 2.45) is 0 Å². The van der Waals surface area contributed by atoms with Crippen molar-refractivity contribution in [3.05, 3.63) is 64.4 Å². The first kappa shape index (κ1) is 20.2. The maximum Gasteiger partial charge on any atom is 0.261 e. The number of aromatic nitrogens is 3. The molecule has 8 nitrogen and oxygen atoms in total. The van der Waals surface area contributed by atoms with Crippen LogP contribution in [-0.4, -0.2) is 41.9 Å². The zero-order valence-electron chi connectivity index (χ0n) is 15.5. The third-order valence-electron chi connectivity index (χ3n) is 4.05. The summed E-state index contributed by atoms with van der Waals surface area (Å²) in [4.78, 5) is 18.0. The molecule has 1 amide bonds. The molecule has 1 aromatic carbocycles. The van der Waals surface area contributed by atoms with Crippen LogP contribution in [0, 0.1) is 0 Å². The normalized spacial score (nSPS) is 12.6. The van der Waals surface area contributed by atoms with Crippen LogP contribution in [0.5, 0.6) is 0 Å². The minimum atomic E-state index is -3.20. The molecule has 28 heavy (non-hydrogen) atoms. The summed E-state index contributed by atoms with van der Waals surface area (Å²) in [5.74, 6) is -0.153. The summed E-state index contributed by atoms with van der Waals surface area (Å²) in [7, 11) is -3.20. The fourth-order valence-corrected chi connectivity index (χ4v) is 3.99. The summed E-state index contributed by atoms with van der Waals surface area (Å²) in [5.41, 5.74) is 1.87. The van der Waals surface area contributed by atoms with Gasteiger partial charge in [-0.05, 0) is 43.2 Å². The van der Waals surface area contributed by atoms with Crippen LogP contribution in [0.2, 0.25) is 0 Å². The molecule has 1 atom stereocenters. The average Bonchev–Trinajstić information content (AvgIpc) is 3.33. The fraction of sp³-hybridized carbons (Fsp3) is 0.278. The van der Waals surface area contributed by atoms with Crippen molar-refractivity contribution < 1.29 is 13.2 Å². The molecule has 148 valence electrons. The molecular formula is C18H21N5O3S2. The topological polar surface area (TPSA) is 106 Å². The van der Waals surface area contributed by atoms with Crippen LogP contribution in [0.25, 0.3) is 5.69 Å². The largest absolute Gasteiger partial charge is 0.345 e. The average molecular weight is 420 g/mol. The molecule has 0 fully saturated rings. The Labute approximate surface area is 167 Å². The van der Waals surface area contributed by atoms with Crippen LogP contribution in [0.3, 0.4) is 0 Å². The van der Waals surface area contributed by atoms with Crippen LogP contribution in [0.15, 0.2) is 49.1 Å². The highest BCUT2D eigenvalue weighted by Gasteiger charge is 2.14. The lowest BCUT2D eigenvalue weighted by Crippen LogP contribution is -2.25. The quantitative estimate of drug-likeness (QED) is 0.580. The molecule has 0 spiro atoms. The Hall–Kier alpha value is -2.56. The van der Waals surface area contributed by atoms with Gasteiger partial charge in [-0.25, -0.2) is 22.8 Å². The van der Waals surface area contributed by atoms with Gasteiger partial charge in [-0.2, -0.15) is 5.10 Å². The number of rotatable bonds is 8. The molecule has 2 heterocycles. The van der Waals surface area contributed by atoms with Crippen molar-refractivity contribution in [1.82, 2.24) is 24.8 Å². The highest BCUT2D eigenvalue weighted by molar-refractivity contribution is 7.88. The zero-order valence-corrected chi connectivity index (χ0v) is 17.1. The zero-order chi connectivity index (χ0) is 20.1. The van der Waals surface area contributed by atoms with Gasteiger partial charge in [-0.1, -0.05) is 12.1 Å². The van der Waals surface area contributed by atoms with Crippen LogP contribution >= 0.6 is 11.3 Å². The first-order valence-electron chi connectivity index (χ1n) is 8.61. The molecular weight excluding hydrogens is 398 g/mol. The molecule has 3 rings (SSSR count). The van der Waals surface area contributed by atoms with E-state index in [1.165, 1.54) is 17.7 Å². The number of benzene rings is 1. The Morgan fingerprint density at radius 3 is 2.61 bits per heavy atom. The van der Waals surface area contributed by atoms with Gasteiger partial charge in [0.2, 0.25) is 10.0 Å². The summed E-state index contributed by atoms with van der Waals surface area (Å²) in [6.07, 6.45) is 4.77. The molecule has 2 N–H and O–H groups in total. The number of carbonyl (C=O) groups is 1. The van der Waals surface area contributed by atoms with E-state index in [2.05, 4.69) is 20.1 Å². The maximum absolute atomic E-state index is 12.5. The van der Waals surface area contributed by atoms with E-state index in [1.807, 2.05) is 37.3 Å². The Balaban J connectivity index is 1.57. The Morgan fingerprint density at radius 1 is 1.21 bits per heavy atom. The van der Waals surface area contributed by atoms with E-state index in [-0.39, 0.29) is 11.9 Å². The van der Waals surface area contributed by atoms with Crippen molar-refractivity contribution in [1.29, 1.82) is 0 Å². The lowest BCUT2D eigenvalue weighted by molar-refractivity contribution is 0.0944. The summed E-state index contributed by atoms with van der Waals surface area (Å²) >= 11 is 1.36. The lowest BCUT2D eigenvalue weighted by Gasteiger charge is -2.14. The minimum absolute atomic E-state index is 0.153. The molecule has 0 radical (unpaired) electrons. The monoisotopic (exact) mass is 419 g/mol. The third kappa shape index (κ3) is 5.47. The number of nitrogens with zero attached hydrogens (tertiary/aromatic N) is 3. The highest BCUT2D eigenvalue weighted by Crippen LogP contribution is 2.20. The summed E-state index contributed by atoms with van der Waals surface area (Å²) in [5, 5.41) is 7.07. The van der Waals surface area contributed by atoms with Crippen LogP contribution in [-0.2, 0) is 16.4 Å². The number of sulfonamides is 1. The maximum atomic E-state index is 12.5. The first-order valence-corrected chi connectivity index (χ1v) is 11.3. The van der Waals surface area contributed by atoms with Crippen LogP contribution in [0.4, 0.5) is 0 Å². The number of hydrogen-bond donors (Lipinski definition) is 2. The van der Waals surface area contributed by atoms with Crippen LogP contribution < -0.4 is 10.0 Å². The molecule has 0 saturated heterocycles. The van der Waals surface area contributed by atoms with E-state index in [4.69, 9.17) is 0 Å². The first-order chi connectivity index (χ1) is 13.3. The van der Waals surface area contributed by atoms with Gasteiger partial charge < -0.3 is 5.32 Å². The van der Waals surface area contributed by atoms with Crippen molar-refractivity contribution >= 4 is 27.3 Å². The summed E-state index contributed by atoms with van der Waals surface area (Å²) < 4.78 is 26.3. The molecule has 0 aliphatic heterocycles. The number of thiophene rings is 1. The van der Waals surface area contributed by atoms with Gasteiger partial charge in [-0.3, -0.25) is 4.79 Å². The summed E-state index contributed by atoms with van der Waals surface area (Å²) in [6, 6.07) is 11.2. The fourth-order valence-electron chi connectivity index (χ4n) is 2.60. The second-order valence-corrected chi connectivity index (χ2v) is 9.31. The predicted octanol–water partition coefficient (Wildman–Crippen LogP) is 1.91. The van der Waals surface area contributed by atoms with Gasteiger partial charge in [0.1, 0.15) is 12.7 Å². The van der Waals surface area contributed by atoms with Crippen molar-refractivity contribution in [3.8, 4) is 5.69 Å². The van der Waals surface area contributed by atoms with Gasteiger partial charge in [0.25, 0.3) is 5.91 Å². The SMILES string of the molecule is CC(NC(=O)c1ccc(CCNS(C)(=O)=O)s1)c1ccc(-n2cncn2)cc1. The van der Waals surface area contributed by atoms with Crippen molar-refractivity contribution in [2.45, 2.75) is 19.4 Å². The number of amides is 1. The molecule has 0 aliphatic rings. The highest BCUT2D eigenvalue weighted by atomic mass is 32.2. The Kier molecular flexibility index (Phi) is 6.22. The second-order valence-electron chi connectivity index (χ2n) is 6.31. The van der Waals surface area contributed by atoms with Crippen molar-refractivity contribution in [2.75, 3.05) is 12.8 Å². The van der Waals surface area contributed by atoms with E-state index in [0.29, 0.717) is 17.8 Å². The van der Waals surface area contributed by atoms with Gasteiger partial charge in [0.05, 0.1) is 22.9 Å². The smallest absolute Gasteiger partial charge is 0.261 e. The molecule has 0 saturated carbocycles. The van der Waals surface area contributed by atoms with Gasteiger partial charge >= 0.3 is 0 Å². The van der Waals surface area contributed by atoms with Gasteiger partial charge in [-0.15, -0.1) is 11.3 Å². The van der Waals surface area contributed by atoms with E-state index in [1.54, 1.807) is 17.1 Å². The number of carbonyl (C=O) groups excluding carboxylic acids is 1. The standard InChI is InChI=1S/C18H21N5O3S2/c1-13(14-3-5-15(6-4-14)23-12-19-11-20-23)22-18(24)17-8-7-16(27-17)9-10-21-28(2,25)26/h3-8,11-13,21H,9-10H2,1-2H3,(H,22,24). The molecule has 10 heteroatoms. The van der Waals surface area contributed by atoms with E-state index >= 15 is 0 Å². The molecule has 1 unspecified atom stereocenters.